The summed E-state index contributed by atoms with van der Waals surface area (Å²) in [5.41, 5.74) is 0. The summed E-state index contributed by atoms with van der Waals surface area (Å²) in [6.45, 7) is 4.62. The standard InChI is InChI=1S/C34H68O2/c1-3-5-7-9-11-15-18-22-26-30-33(29-25-21-10-8-6-4-2)31-27-23-19-16-13-12-14-17-20-24-28-32-34(35)36/h33H,3-32H2,1-2H3,(H,35,36). The molecule has 0 heterocycles. The van der Waals surface area contributed by atoms with Crippen molar-refractivity contribution in [2.24, 2.45) is 5.92 Å². The van der Waals surface area contributed by atoms with Crippen LogP contribution < -0.4 is 0 Å². The van der Waals surface area contributed by atoms with Gasteiger partial charge in [0.2, 0.25) is 0 Å². The molecular weight excluding hydrogens is 440 g/mol. The van der Waals surface area contributed by atoms with E-state index >= 15 is 0 Å². The summed E-state index contributed by atoms with van der Waals surface area (Å²) in [6.07, 6.45) is 40.8. The van der Waals surface area contributed by atoms with Gasteiger partial charge in [0.05, 0.1) is 0 Å². The molecule has 1 atom stereocenters. The Morgan fingerprint density at radius 2 is 0.667 bits per heavy atom. The second-order valence-corrected chi connectivity index (χ2v) is 11.9. The second-order valence-electron chi connectivity index (χ2n) is 11.9. The summed E-state index contributed by atoms with van der Waals surface area (Å²) in [4.78, 5) is 10.5. The first-order valence-corrected chi connectivity index (χ1v) is 16.9. The summed E-state index contributed by atoms with van der Waals surface area (Å²) in [5, 5.41) is 8.67. The minimum atomic E-state index is -0.646. The Morgan fingerprint density at radius 3 is 0.944 bits per heavy atom. The van der Waals surface area contributed by atoms with Crippen molar-refractivity contribution in [2.75, 3.05) is 0 Å². The van der Waals surface area contributed by atoms with Crippen LogP contribution in [0, 0.1) is 5.92 Å². The largest absolute Gasteiger partial charge is 0.481 e. The van der Waals surface area contributed by atoms with Crippen molar-refractivity contribution >= 4 is 5.97 Å². The molecule has 0 fully saturated rings. The molecule has 36 heavy (non-hydrogen) atoms. The van der Waals surface area contributed by atoms with Gasteiger partial charge in [-0.2, -0.15) is 0 Å². The van der Waals surface area contributed by atoms with Gasteiger partial charge in [0.1, 0.15) is 0 Å². The van der Waals surface area contributed by atoms with Crippen LogP contribution in [0.15, 0.2) is 0 Å². The van der Waals surface area contributed by atoms with Crippen molar-refractivity contribution in [3.8, 4) is 0 Å². The highest BCUT2D eigenvalue weighted by atomic mass is 16.4. The van der Waals surface area contributed by atoms with Crippen molar-refractivity contribution in [3.63, 3.8) is 0 Å². The maximum atomic E-state index is 10.5. The summed E-state index contributed by atoms with van der Waals surface area (Å²) in [7, 11) is 0. The topological polar surface area (TPSA) is 37.3 Å². The Balaban J connectivity index is 3.76. The smallest absolute Gasteiger partial charge is 0.303 e. The van der Waals surface area contributed by atoms with Gasteiger partial charge in [-0.1, -0.05) is 194 Å². The third-order valence-corrected chi connectivity index (χ3v) is 8.18. The van der Waals surface area contributed by atoms with E-state index in [1.807, 2.05) is 0 Å². The molecule has 2 heteroatoms. The van der Waals surface area contributed by atoms with E-state index in [-0.39, 0.29) is 0 Å². The number of unbranched alkanes of at least 4 members (excludes halogenated alkanes) is 23. The fraction of sp³-hybridized carbons (Fsp3) is 0.971. The molecule has 0 aromatic carbocycles. The molecule has 0 spiro atoms. The number of carboxylic acid groups (broad SMARTS) is 1. The first-order valence-electron chi connectivity index (χ1n) is 16.9. The maximum Gasteiger partial charge on any atom is 0.303 e. The Labute approximate surface area is 228 Å². The van der Waals surface area contributed by atoms with Crippen LogP contribution >= 0.6 is 0 Å². The maximum absolute atomic E-state index is 10.5. The molecule has 216 valence electrons. The normalized spacial score (nSPS) is 12.3. The van der Waals surface area contributed by atoms with Crippen molar-refractivity contribution in [1.29, 1.82) is 0 Å². The molecule has 0 aliphatic carbocycles. The highest BCUT2D eigenvalue weighted by Crippen LogP contribution is 2.25. The quantitative estimate of drug-likeness (QED) is 0.0945. The molecule has 0 aliphatic heterocycles. The molecule has 0 aliphatic rings. The number of rotatable bonds is 31. The zero-order valence-electron chi connectivity index (χ0n) is 25.1. The van der Waals surface area contributed by atoms with Crippen LogP contribution in [0.25, 0.3) is 0 Å². The Bertz CT molecular complexity index is 419. The molecule has 1 unspecified atom stereocenters. The van der Waals surface area contributed by atoms with E-state index in [0.29, 0.717) is 6.42 Å². The minimum absolute atomic E-state index is 0.346. The predicted molar refractivity (Wildman–Crippen MR) is 161 cm³/mol. The molecule has 2 nitrogen and oxygen atoms in total. The van der Waals surface area contributed by atoms with E-state index in [1.54, 1.807) is 0 Å². The van der Waals surface area contributed by atoms with Crippen LogP contribution in [0.3, 0.4) is 0 Å². The van der Waals surface area contributed by atoms with Gasteiger partial charge in [-0.3, -0.25) is 4.79 Å². The van der Waals surface area contributed by atoms with Crippen molar-refractivity contribution in [1.82, 2.24) is 0 Å². The van der Waals surface area contributed by atoms with Crippen LogP contribution in [0.4, 0.5) is 0 Å². The molecule has 0 bridgehead atoms. The molecule has 0 amide bonds. The third kappa shape index (κ3) is 29.7. The summed E-state index contributed by atoms with van der Waals surface area (Å²) < 4.78 is 0. The van der Waals surface area contributed by atoms with Crippen LogP contribution in [0.2, 0.25) is 0 Å². The van der Waals surface area contributed by atoms with Gasteiger partial charge in [-0.25, -0.2) is 0 Å². The highest BCUT2D eigenvalue weighted by molar-refractivity contribution is 5.66. The number of aliphatic carboxylic acids is 1. The molecule has 0 aromatic heterocycles. The van der Waals surface area contributed by atoms with Crippen LogP contribution in [-0.2, 0) is 4.79 Å². The number of carbonyl (C=O) groups is 1. The summed E-state index contributed by atoms with van der Waals surface area (Å²) >= 11 is 0. The van der Waals surface area contributed by atoms with Gasteiger partial charge in [0, 0.05) is 6.42 Å². The molecule has 0 aromatic rings. The molecular formula is C34H68O2. The fourth-order valence-electron chi connectivity index (χ4n) is 5.69. The Hall–Kier alpha value is -0.530. The summed E-state index contributed by atoms with van der Waals surface area (Å²) in [5.74, 6) is 0.356. The lowest BCUT2D eigenvalue weighted by Crippen LogP contribution is -2.01. The summed E-state index contributed by atoms with van der Waals surface area (Å²) in [6, 6.07) is 0. The van der Waals surface area contributed by atoms with Crippen molar-refractivity contribution in [3.05, 3.63) is 0 Å². The first kappa shape index (κ1) is 35.5. The van der Waals surface area contributed by atoms with E-state index < -0.39 is 5.97 Å². The van der Waals surface area contributed by atoms with Crippen molar-refractivity contribution < 1.29 is 9.90 Å². The van der Waals surface area contributed by atoms with Gasteiger partial charge in [-0.05, 0) is 12.3 Å². The Kier molecular flexibility index (Phi) is 30.2. The molecule has 1 N–H and O–H groups in total. The first-order chi connectivity index (χ1) is 17.7. The van der Waals surface area contributed by atoms with Gasteiger partial charge in [0.15, 0.2) is 0 Å². The number of hydrogen-bond acceptors (Lipinski definition) is 1. The van der Waals surface area contributed by atoms with E-state index in [4.69, 9.17) is 5.11 Å². The van der Waals surface area contributed by atoms with E-state index in [9.17, 15) is 4.79 Å². The molecule has 0 radical (unpaired) electrons. The lowest BCUT2D eigenvalue weighted by molar-refractivity contribution is -0.137. The SMILES string of the molecule is CCCCCCCCCCCC(CCCCCCCC)CCCCCCCCCCCCCC(=O)O. The van der Waals surface area contributed by atoms with Gasteiger partial charge in [-0.15, -0.1) is 0 Å². The zero-order chi connectivity index (χ0) is 26.4. The monoisotopic (exact) mass is 509 g/mol. The van der Waals surface area contributed by atoms with E-state index in [1.165, 1.54) is 173 Å². The van der Waals surface area contributed by atoms with Crippen LogP contribution in [-0.4, -0.2) is 11.1 Å². The lowest BCUT2D eigenvalue weighted by atomic mass is 9.89. The Morgan fingerprint density at radius 1 is 0.417 bits per heavy atom. The second kappa shape index (κ2) is 30.7. The highest BCUT2D eigenvalue weighted by Gasteiger charge is 2.09. The number of carboxylic acids is 1. The lowest BCUT2D eigenvalue weighted by Gasteiger charge is -2.17. The third-order valence-electron chi connectivity index (χ3n) is 8.18. The average molecular weight is 509 g/mol. The minimum Gasteiger partial charge on any atom is -0.481 e. The average Bonchev–Trinajstić information content (AvgIpc) is 2.87. The van der Waals surface area contributed by atoms with E-state index in [2.05, 4.69) is 13.8 Å². The number of hydrogen-bond donors (Lipinski definition) is 1. The zero-order valence-corrected chi connectivity index (χ0v) is 25.1. The van der Waals surface area contributed by atoms with E-state index in [0.717, 1.165) is 18.8 Å². The molecule has 0 saturated heterocycles. The van der Waals surface area contributed by atoms with Gasteiger partial charge >= 0.3 is 5.97 Å². The molecule has 0 rings (SSSR count). The van der Waals surface area contributed by atoms with Gasteiger partial charge in [0.25, 0.3) is 0 Å². The molecule has 0 saturated carbocycles. The van der Waals surface area contributed by atoms with Gasteiger partial charge < -0.3 is 5.11 Å². The predicted octanol–water partition coefficient (Wildman–Crippen LogP) is 12.4. The fourth-order valence-corrected chi connectivity index (χ4v) is 5.69. The van der Waals surface area contributed by atoms with Crippen LogP contribution in [0.1, 0.15) is 206 Å². The van der Waals surface area contributed by atoms with Crippen molar-refractivity contribution in [2.45, 2.75) is 206 Å². The van der Waals surface area contributed by atoms with Crippen LogP contribution in [0.5, 0.6) is 0 Å².